The van der Waals surface area contributed by atoms with E-state index < -0.39 is 17.8 Å². The van der Waals surface area contributed by atoms with Gasteiger partial charge >= 0.3 is 0 Å². The van der Waals surface area contributed by atoms with E-state index in [0.717, 1.165) is 29.9 Å². The Bertz CT molecular complexity index is 653. The predicted molar refractivity (Wildman–Crippen MR) is 119 cm³/mol. The van der Waals surface area contributed by atoms with Gasteiger partial charge in [0.25, 0.3) is 0 Å². The van der Waals surface area contributed by atoms with Crippen LogP contribution in [0.5, 0.6) is 0 Å². The Morgan fingerprint density at radius 2 is 1.93 bits per heavy atom. The van der Waals surface area contributed by atoms with Gasteiger partial charge in [0.15, 0.2) is 0 Å². The van der Waals surface area contributed by atoms with E-state index in [1.54, 1.807) is 5.57 Å². The molecule has 0 aliphatic heterocycles. The fourth-order valence-electron chi connectivity index (χ4n) is 6.23. The molecule has 0 bridgehead atoms. The molecule has 0 amide bonds. The molecule has 0 aromatic carbocycles. The summed E-state index contributed by atoms with van der Waals surface area (Å²) in [7, 11) is 0. The van der Waals surface area contributed by atoms with Gasteiger partial charge in [-0.1, -0.05) is 44.1 Å². The Labute approximate surface area is 177 Å². The van der Waals surface area contributed by atoms with Crippen LogP contribution in [0, 0.1) is 17.3 Å². The number of hydrogen-bond donors (Lipinski definition) is 3. The lowest BCUT2D eigenvalue weighted by Gasteiger charge is -2.42. The highest BCUT2D eigenvalue weighted by Crippen LogP contribution is 2.58. The summed E-state index contributed by atoms with van der Waals surface area (Å²) in [5.74, 6) is 1.46. The molecule has 0 aromatic rings. The molecular formula is C26H42O3. The number of hydrogen-bond acceptors (Lipinski definition) is 3. The molecule has 3 nitrogen and oxygen atoms in total. The summed E-state index contributed by atoms with van der Waals surface area (Å²) in [6.45, 7) is 10.4. The highest BCUT2D eigenvalue weighted by molar-refractivity contribution is 5.38. The Balaban J connectivity index is 1.65. The molecule has 29 heavy (non-hydrogen) atoms. The minimum absolute atomic E-state index is 0.403. The standard InChI is InChI=1S/C26H42O3/c1-18-20(16-22(27)17-24(18)28)11-10-19-8-7-15-26(4)21(12-13-23(19)26)9-5-6-14-25(2,3)29/h10-11,21-24,27-29H,1,5-9,12-17H2,2-4H3/b19-10+,20-11-/t21?,22-,23+,24+,26-/m1/s1. The molecule has 3 aliphatic carbocycles. The van der Waals surface area contributed by atoms with Crippen LogP contribution >= 0.6 is 0 Å². The zero-order chi connectivity index (χ0) is 21.2. The van der Waals surface area contributed by atoms with E-state index in [2.05, 4.69) is 25.7 Å². The van der Waals surface area contributed by atoms with E-state index in [9.17, 15) is 15.3 Å². The van der Waals surface area contributed by atoms with Gasteiger partial charge < -0.3 is 15.3 Å². The van der Waals surface area contributed by atoms with Crippen molar-refractivity contribution < 1.29 is 15.3 Å². The first-order valence-corrected chi connectivity index (χ1v) is 11.8. The van der Waals surface area contributed by atoms with Crippen molar-refractivity contribution in [2.24, 2.45) is 17.3 Å². The zero-order valence-electron chi connectivity index (χ0n) is 18.8. The molecule has 3 rings (SSSR count). The highest BCUT2D eigenvalue weighted by atomic mass is 16.3. The van der Waals surface area contributed by atoms with Crippen molar-refractivity contribution in [3.05, 3.63) is 35.5 Å². The summed E-state index contributed by atoms with van der Waals surface area (Å²) in [6.07, 6.45) is 15.2. The number of aliphatic hydroxyl groups excluding tert-OH is 2. The third kappa shape index (κ3) is 5.42. The molecule has 3 N–H and O–H groups in total. The maximum absolute atomic E-state index is 10.1. The van der Waals surface area contributed by atoms with Crippen molar-refractivity contribution in [1.29, 1.82) is 0 Å². The fraction of sp³-hybridized carbons (Fsp3) is 0.769. The van der Waals surface area contributed by atoms with Gasteiger partial charge in [0.05, 0.1) is 17.8 Å². The SMILES string of the molecule is C=C1/C(=C\C=C2/CCC[C@]3(C)C(CCCCC(C)(C)O)CC[C@@H]23)C[C@@H](O)C[C@@H]1O. The van der Waals surface area contributed by atoms with Crippen molar-refractivity contribution in [2.45, 2.75) is 109 Å². The van der Waals surface area contributed by atoms with Crippen LogP contribution in [0.3, 0.4) is 0 Å². The summed E-state index contributed by atoms with van der Waals surface area (Å²) in [6, 6.07) is 0. The molecule has 164 valence electrons. The molecule has 3 aliphatic rings. The minimum Gasteiger partial charge on any atom is -0.393 e. The number of allylic oxidation sites excluding steroid dienone is 3. The molecule has 5 atom stereocenters. The van der Waals surface area contributed by atoms with Crippen molar-refractivity contribution in [3.63, 3.8) is 0 Å². The lowest BCUT2D eigenvalue weighted by atomic mass is 9.62. The molecule has 0 spiro atoms. The second-order valence-electron chi connectivity index (χ2n) is 10.8. The van der Waals surface area contributed by atoms with Gasteiger partial charge in [-0.15, -0.1) is 0 Å². The number of fused-ring (bicyclic) bond motifs is 1. The largest absolute Gasteiger partial charge is 0.393 e. The molecule has 3 saturated carbocycles. The van der Waals surface area contributed by atoms with Crippen LogP contribution < -0.4 is 0 Å². The lowest BCUT2D eigenvalue weighted by Crippen LogP contribution is -2.33. The van der Waals surface area contributed by atoms with Crippen LogP contribution in [0.1, 0.15) is 91.4 Å². The minimum atomic E-state index is -0.611. The monoisotopic (exact) mass is 402 g/mol. The van der Waals surface area contributed by atoms with E-state index >= 15 is 0 Å². The van der Waals surface area contributed by atoms with Crippen molar-refractivity contribution in [3.8, 4) is 0 Å². The maximum Gasteiger partial charge on any atom is 0.0811 e. The van der Waals surface area contributed by atoms with Gasteiger partial charge in [-0.2, -0.15) is 0 Å². The third-order valence-corrected chi connectivity index (χ3v) is 8.02. The Morgan fingerprint density at radius 1 is 1.17 bits per heavy atom. The van der Waals surface area contributed by atoms with Gasteiger partial charge in [-0.25, -0.2) is 0 Å². The number of rotatable bonds is 6. The van der Waals surface area contributed by atoms with E-state index in [0.29, 0.717) is 24.2 Å². The summed E-state index contributed by atoms with van der Waals surface area (Å²) >= 11 is 0. The average molecular weight is 403 g/mol. The first-order valence-electron chi connectivity index (χ1n) is 11.8. The van der Waals surface area contributed by atoms with Crippen LogP contribution in [0.2, 0.25) is 0 Å². The van der Waals surface area contributed by atoms with E-state index in [1.165, 1.54) is 44.9 Å². The Kier molecular flexibility index (Phi) is 7.13. The van der Waals surface area contributed by atoms with Crippen molar-refractivity contribution >= 4 is 0 Å². The van der Waals surface area contributed by atoms with Crippen molar-refractivity contribution in [2.75, 3.05) is 0 Å². The van der Waals surface area contributed by atoms with E-state index in [4.69, 9.17) is 0 Å². The second-order valence-corrected chi connectivity index (χ2v) is 10.8. The maximum atomic E-state index is 10.1. The van der Waals surface area contributed by atoms with Crippen LogP contribution in [-0.2, 0) is 0 Å². The van der Waals surface area contributed by atoms with Gasteiger partial charge in [-0.3, -0.25) is 0 Å². The summed E-state index contributed by atoms with van der Waals surface area (Å²) in [5, 5.41) is 30.1. The van der Waals surface area contributed by atoms with Crippen LogP contribution in [0.25, 0.3) is 0 Å². The zero-order valence-corrected chi connectivity index (χ0v) is 18.8. The topological polar surface area (TPSA) is 60.7 Å². The number of aliphatic hydroxyl groups is 3. The number of unbranched alkanes of at least 4 members (excludes halogenated alkanes) is 1. The molecule has 1 unspecified atom stereocenters. The molecule has 0 saturated heterocycles. The molecule has 0 aromatic heterocycles. The van der Waals surface area contributed by atoms with Crippen LogP contribution in [-0.4, -0.2) is 33.1 Å². The van der Waals surface area contributed by atoms with E-state index in [1.807, 2.05) is 13.8 Å². The first-order chi connectivity index (χ1) is 13.6. The van der Waals surface area contributed by atoms with Crippen LogP contribution in [0.4, 0.5) is 0 Å². The predicted octanol–water partition coefficient (Wildman–Crippen LogP) is 5.46. The molecular weight excluding hydrogens is 360 g/mol. The highest BCUT2D eigenvalue weighted by Gasteiger charge is 2.48. The van der Waals surface area contributed by atoms with Gasteiger partial charge in [0.2, 0.25) is 0 Å². The average Bonchev–Trinajstić information content (AvgIpc) is 2.96. The fourth-order valence-corrected chi connectivity index (χ4v) is 6.23. The van der Waals surface area contributed by atoms with Crippen LogP contribution in [0.15, 0.2) is 35.5 Å². The smallest absolute Gasteiger partial charge is 0.0811 e. The normalized spacial score (nSPS) is 38.6. The van der Waals surface area contributed by atoms with Gasteiger partial charge in [0.1, 0.15) is 0 Å². The summed E-state index contributed by atoms with van der Waals surface area (Å²) < 4.78 is 0. The van der Waals surface area contributed by atoms with E-state index in [-0.39, 0.29) is 0 Å². The lowest BCUT2D eigenvalue weighted by molar-refractivity contribution is 0.0659. The molecule has 3 heteroatoms. The second kappa shape index (κ2) is 9.08. The summed E-state index contributed by atoms with van der Waals surface area (Å²) in [4.78, 5) is 0. The van der Waals surface area contributed by atoms with Crippen molar-refractivity contribution in [1.82, 2.24) is 0 Å². The third-order valence-electron chi connectivity index (χ3n) is 8.02. The Morgan fingerprint density at radius 3 is 2.66 bits per heavy atom. The first kappa shape index (κ1) is 22.8. The summed E-state index contributed by atoms with van der Waals surface area (Å²) in [5.41, 5.74) is 3.22. The molecule has 0 heterocycles. The molecule has 3 fully saturated rings. The van der Waals surface area contributed by atoms with Gasteiger partial charge in [-0.05, 0) is 93.6 Å². The molecule has 0 radical (unpaired) electrons. The Hall–Kier alpha value is -0.900. The van der Waals surface area contributed by atoms with Gasteiger partial charge in [0, 0.05) is 6.42 Å². The quantitative estimate of drug-likeness (QED) is 0.517.